The summed E-state index contributed by atoms with van der Waals surface area (Å²) < 4.78 is 7.39. The molecule has 4 rings (SSSR count). The number of rotatable bonds is 6. The number of amides is 2. The second-order valence-corrected chi connectivity index (χ2v) is 8.80. The maximum absolute atomic E-state index is 12.7. The Morgan fingerprint density at radius 2 is 1.87 bits per heavy atom. The van der Waals surface area contributed by atoms with Gasteiger partial charge in [-0.3, -0.25) is 14.2 Å². The first-order valence-electron chi connectivity index (χ1n) is 10.8. The summed E-state index contributed by atoms with van der Waals surface area (Å²) in [5.41, 5.74) is 0. The van der Waals surface area contributed by atoms with Crippen LogP contribution < -0.4 is 0 Å². The molecule has 0 saturated carbocycles. The van der Waals surface area contributed by atoms with Crippen LogP contribution in [-0.4, -0.2) is 68.3 Å². The number of aromatic nitrogens is 3. The highest BCUT2D eigenvalue weighted by atomic mass is 32.2. The Hall–Kier alpha value is -2.29. The lowest BCUT2D eigenvalue weighted by molar-refractivity contribution is -0.140. The maximum atomic E-state index is 12.7. The van der Waals surface area contributed by atoms with E-state index in [1.165, 1.54) is 18.2 Å². The van der Waals surface area contributed by atoms with Crippen molar-refractivity contribution >= 4 is 23.6 Å². The molecule has 0 aromatic carbocycles. The molecule has 30 heavy (non-hydrogen) atoms. The minimum Gasteiger partial charge on any atom is -0.461 e. The van der Waals surface area contributed by atoms with E-state index in [1.807, 2.05) is 33.4 Å². The summed E-state index contributed by atoms with van der Waals surface area (Å²) in [6, 6.07) is 3.67. The highest BCUT2D eigenvalue weighted by molar-refractivity contribution is 7.99. The maximum Gasteiger partial charge on any atom is 0.233 e. The van der Waals surface area contributed by atoms with Crippen LogP contribution in [0.1, 0.15) is 39.0 Å². The van der Waals surface area contributed by atoms with Crippen LogP contribution in [0.3, 0.4) is 0 Å². The molecule has 2 aliphatic heterocycles. The Morgan fingerprint density at radius 1 is 1.10 bits per heavy atom. The molecule has 162 valence electrons. The average Bonchev–Trinajstić information content (AvgIpc) is 3.47. The van der Waals surface area contributed by atoms with Gasteiger partial charge in [-0.15, -0.1) is 10.2 Å². The van der Waals surface area contributed by atoms with Crippen molar-refractivity contribution in [3.05, 3.63) is 18.4 Å². The molecule has 2 saturated heterocycles. The number of hydrogen-bond donors (Lipinski definition) is 0. The van der Waals surface area contributed by atoms with Gasteiger partial charge in [0.25, 0.3) is 0 Å². The third-order valence-electron chi connectivity index (χ3n) is 5.96. The molecule has 2 fully saturated rings. The molecule has 2 aromatic heterocycles. The molecule has 0 radical (unpaired) electrons. The number of hydrogen-bond acceptors (Lipinski definition) is 6. The predicted octanol–water partition coefficient (Wildman–Crippen LogP) is 2.90. The van der Waals surface area contributed by atoms with Crippen molar-refractivity contribution in [1.82, 2.24) is 24.6 Å². The predicted molar refractivity (Wildman–Crippen MR) is 114 cm³/mol. The Labute approximate surface area is 181 Å². The number of thioether (sulfide) groups is 1. The van der Waals surface area contributed by atoms with Gasteiger partial charge in [-0.25, -0.2) is 0 Å². The van der Waals surface area contributed by atoms with E-state index in [4.69, 9.17) is 4.42 Å². The standard InChI is InChI=1S/C21H29N5O3S/c1-2-26-19(17-7-6-14-29-17)22-23-21(26)30-15-18(27)24-12-8-16(9-13-24)20(28)25-10-4-3-5-11-25/h6-7,14,16H,2-5,8-13,15H2,1H3. The summed E-state index contributed by atoms with van der Waals surface area (Å²) in [7, 11) is 0. The third kappa shape index (κ3) is 4.55. The Bertz CT molecular complexity index is 852. The van der Waals surface area contributed by atoms with Gasteiger partial charge in [0.05, 0.1) is 12.0 Å². The van der Waals surface area contributed by atoms with E-state index < -0.39 is 0 Å². The molecule has 0 bridgehead atoms. The van der Waals surface area contributed by atoms with E-state index in [2.05, 4.69) is 10.2 Å². The zero-order chi connectivity index (χ0) is 20.9. The van der Waals surface area contributed by atoms with Crippen LogP contribution >= 0.6 is 11.8 Å². The van der Waals surface area contributed by atoms with E-state index in [1.54, 1.807) is 6.26 Å². The van der Waals surface area contributed by atoms with Crippen LogP contribution in [0.5, 0.6) is 0 Å². The number of carbonyl (C=O) groups is 2. The molecular formula is C21H29N5O3S. The second-order valence-electron chi connectivity index (χ2n) is 7.86. The first-order chi connectivity index (χ1) is 14.7. The highest BCUT2D eigenvalue weighted by Crippen LogP contribution is 2.26. The van der Waals surface area contributed by atoms with E-state index in [0.29, 0.717) is 42.1 Å². The normalized spacial score (nSPS) is 18.0. The lowest BCUT2D eigenvalue weighted by Crippen LogP contribution is -2.46. The zero-order valence-corrected chi connectivity index (χ0v) is 18.3. The largest absolute Gasteiger partial charge is 0.461 e. The summed E-state index contributed by atoms with van der Waals surface area (Å²) >= 11 is 1.40. The van der Waals surface area contributed by atoms with E-state index in [0.717, 1.165) is 38.8 Å². The minimum atomic E-state index is 0.0684. The van der Waals surface area contributed by atoms with Gasteiger partial charge in [0.15, 0.2) is 16.7 Å². The monoisotopic (exact) mass is 431 g/mol. The quantitative estimate of drug-likeness (QED) is 0.654. The molecule has 9 heteroatoms. The lowest BCUT2D eigenvalue weighted by Gasteiger charge is -2.35. The highest BCUT2D eigenvalue weighted by Gasteiger charge is 2.30. The van der Waals surface area contributed by atoms with Crippen molar-refractivity contribution in [2.75, 3.05) is 31.9 Å². The molecule has 0 spiro atoms. The van der Waals surface area contributed by atoms with E-state index in [-0.39, 0.29) is 17.7 Å². The number of furan rings is 1. The summed E-state index contributed by atoms with van der Waals surface area (Å²) in [5, 5.41) is 9.18. The fourth-order valence-electron chi connectivity index (χ4n) is 4.23. The van der Waals surface area contributed by atoms with Crippen LogP contribution in [0.2, 0.25) is 0 Å². The van der Waals surface area contributed by atoms with Gasteiger partial charge < -0.3 is 14.2 Å². The first-order valence-corrected chi connectivity index (χ1v) is 11.8. The van der Waals surface area contributed by atoms with Gasteiger partial charge in [-0.1, -0.05) is 11.8 Å². The Morgan fingerprint density at radius 3 is 2.53 bits per heavy atom. The number of nitrogens with zero attached hydrogens (tertiary/aromatic N) is 5. The first kappa shape index (κ1) is 21.0. The zero-order valence-electron chi connectivity index (χ0n) is 17.5. The van der Waals surface area contributed by atoms with E-state index >= 15 is 0 Å². The van der Waals surface area contributed by atoms with Crippen LogP contribution in [0, 0.1) is 5.92 Å². The number of likely N-dealkylation sites (tertiary alicyclic amines) is 2. The number of piperidine rings is 2. The molecule has 2 aromatic rings. The fourth-order valence-corrected chi connectivity index (χ4v) is 5.14. The summed E-state index contributed by atoms with van der Waals surface area (Å²) in [4.78, 5) is 29.3. The topological polar surface area (TPSA) is 84.5 Å². The summed E-state index contributed by atoms with van der Waals surface area (Å²) in [6.07, 6.45) is 6.59. The van der Waals surface area contributed by atoms with Crippen LogP contribution in [-0.2, 0) is 16.1 Å². The molecule has 2 aliphatic rings. The molecule has 4 heterocycles. The van der Waals surface area contributed by atoms with Gasteiger partial charge in [-0.05, 0) is 51.2 Å². The van der Waals surface area contributed by atoms with Gasteiger partial charge >= 0.3 is 0 Å². The molecule has 0 atom stereocenters. The van der Waals surface area contributed by atoms with Gasteiger partial charge in [-0.2, -0.15) is 0 Å². The van der Waals surface area contributed by atoms with E-state index in [9.17, 15) is 9.59 Å². The molecule has 8 nitrogen and oxygen atoms in total. The third-order valence-corrected chi connectivity index (χ3v) is 6.92. The van der Waals surface area contributed by atoms with Crippen molar-refractivity contribution in [3.63, 3.8) is 0 Å². The molecule has 0 unspecified atom stereocenters. The van der Waals surface area contributed by atoms with Crippen molar-refractivity contribution in [1.29, 1.82) is 0 Å². The second kappa shape index (κ2) is 9.68. The van der Waals surface area contributed by atoms with Crippen LogP contribution in [0.4, 0.5) is 0 Å². The Balaban J connectivity index is 1.28. The van der Waals surface area contributed by atoms with Crippen molar-refractivity contribution < 1.29 is 14.0 Å². The van der Waals surface area contributed by atoms with Crippen molar-refractivity contribution in [2.24, 2.45) is 5.92 Å². The Kier molecular flexibility index (Phi) is 6.76. The SMILES string of the molecule is CCn1c(SCC(=O)N2CCC(C(=O)N3CCCCC3)CC2)nnc1-c1ccco1. The molecular weight excluding hydrogens is 402 g/mol. The van der Waals surface area contributed by atoms with Gasteiger partial charge in [0.2, 0.25) is 11.8 Å². The molecule has 2 amide bonds. The van der Waals surface area contributed by atoms with Crippen molar-refractivity contribution in [3.8, 4) is 11.6 Å². The minimum absolute atomic E-state index is 0.0684. The van der Waals surface area contributed by atoms with Crippen molar-refractivity contribution in [2.45, 2.75) is 50.7 Å². The summed E-state index contributed by atoms with van der Waals surface area (Å²) in [5.74, 6) is 2.11. The van der Waals surface area contributed by atoms with Gasteiger partial charge in [0.1, 0.15) is 0 Å². The lowest BCUT2D eigenvalue weighted by atomic mass is 9.94. The van der Waals surface area contributed by atoms with Gasteiger partial charge in [0, 0.05) is 38.6 Å². The fraction of sp³-hybridized carbons (Fsp3) is 0.619. The summed E-state index contributed by atoms with van der Waals surface area (Å²) in [6.45, 7) is 5.82. The molecule has 0 aliphatic carbocycles. The smallest absolute Gasteiger partial charge is 0.233 e. The van der Waals surface area contributed by atoms with Crippen LogP contribution in [0.15, 0.2) is 28.0 Å². The number of carbonyl (C=O) groups excluding carboxylic acids is 2. The van der Waals surface area contributed by atoms with Crippen LogP contribution in [0.25, 0.3) is 11.6 Å². The average molecular weight is 432 g/mol. The molecule has 0 N–H and O–H groups in total.